The van der Waals surface area contributed by atoms with Crippen LogP contribution < -0.4 is 10.6 Å². The SMILES string of the molecule is Cc1cc(C(=O)N2CCCNCC2)ccc1NC(=O)c1ccccc1. The standard InChI is InChI=1S/C20H23N3O2/c1-15-14-17(20(25)23-12-5-10-21-11-13-23)8-9-18(15)22-19(24)16-6-3-2-4-7-16/h2-4,6-9,14,21H,5,10-13H2,1H3,(H,22,24). The van der Waals surface area contributed by atoms with Crippen molar-refractivity contribution < 1.29 is 9.59 Å². The lowest BCUT2D eigenvalue weighted by atomic mass is 10.1. The maximum Gasteiger partial charge on any atom is 0.255 e. The van der Waals surface area contributed by atoms with E-state index in [2.05, 4.69) is 10.6 Å². The van der Waals surface area contributed by atoms with Gasteiger partial charge < -0.3 is 15.5 Å². The smallest absolute Gasteiger partial charge is 0.255 e. The van der Waals surface area contributed by atoms with E-state index < -0.39 is 0 Å². The van der Waals surface area contributed by atoms with Crippen LogP contribution in [-0.4, -0.2) is 42.9 Å². The molecule has 0 radical (unpaired) electrons. The largest absolute Gasteiger partial charge is 0.337 e. The highest BCUT2D eigenvalue weighted by Gasteiger charge is 2.18. The minimum absolute atomic E-state index is 0.0488. The minimum atomic E-state index is -0.152. The summed E-state index contributed by atoms with van der Waals surface area (Å²) in [5.74, 6) is -0.103. The van der Waals surface area contributed by atoms with Crippen molar-refractivity contribution in [3.05, 3.63) is 65.2 Å². The Hall–Kier alpha value is -2.66. The Morgan fingerprint density at radius 2 is 1.80 bits per heavy atom. The van der Waals surface area contributed by atoms with E-state index in [4.69, 9.17) is 0 Å². The number of benzene rings is 2. The Bertz CT molecular complexity index is 751. The first kappa shape index (κ1) is 17.2. The Labute approximate surface area is 148 Å². The van der Waals surface area contributed by atoms with Crippen LogP contribution in [0.3, 0.4) is 0 Å². The summed E-state index contributed by atoms with van der Waals surface area (Å²) >= 11 is 0. The van der Waals surface area contributed by atoms with Gasteiger partial charge >= 0.3 is 0 Å². The molecule has 0 aromatic heterocycles. The lowest BCUT2D eigenvalue weighted by Crippen LogP contribution is -2.34. The zero-order valence-corrected chi connectivity index (χ0v) is 14.4. The molecule has 0 bridgehead atoms. The van der Waals surface area contributed by atoms with Gasteiger partial charge in [0.15, 0.2) is 0 Å². The molecule has 1 aliphatic heterocycles. The number of amides is 2. The average Bonchev–Trinajstić information content (AvgIpc) is 2.93. The molecule has 2 aromatic carbocycles. The molecule has 2 N–H and O–H groups in total. The van der Waals surface area contributed by atoms with Crippen LogP contribution in [-0.2, 0) is 0 Å². The molecule has 0 saturated carbocycles. The van der Waals surface area contributed by atoms with Crippen LogP contribution in [0.25, 0.3) is 0 Å². The lowest BCUT2D eigenvalue weighted by Gasteiger charge is -2.20. The number of hydrogen-bond acceptors (Lipinski definition) is 3. The average molecular weight is 337 g/mol. The number of aryl methyl sites for hydroxylation is 1. The summed E-state index contributed by atoms with van der Waals surface area (Å²) in [6, 6.07) is 14.5. The third-order valence-corrected chi connectivity index (χ3v) is 4.38. The van der Waals surface area contributed by atoms with Crippen molar-refractivity contribution in [2.75, 3.05) is 31.5 Å². The molecule has 2 amide bonds. The Morgan fingerprint density at radius 1 is 1.00 bits per heavy atom. The molecular weight excluding hydrogens is 314 g/mol. The number of hydrogen-bond donors (Lipinski definition) is 2. The molecule has 1 saturated heterocycles. The zero-order valence-electron chi connectivity index (χ0n) is 14.4. The molecule has 1 heterocycles. The molecule has 25 heavy (non-hydrogen) atoms. The fraction of sp³-hybridized carbons (Fsp3) is 0.300. The van der Waals surface area contributed by atoms with Gasteiger partial charge in [-0.2, -0.15) is 0 Å². The number of rotatable bonds is 3. The molecule has 0 unspecified atom stereocenters. The first-order valence-corrected chi connectivity index (χ1v) is 8.62. The fourth-order valence-corrected chi connectivity index (χ4v) is 2.95. The van der Waals surface area contributed by atoms with Crippen molar-refractivity contribution in [2.45, 2.75) is 13.3 Å². The van der Waals surface area contributed by atoms with Crippen LogP contribution in [0, 0.1) is 6.92 Å². The highest BCUT2D eigenvalue weighted by Crippen LogP contribution is 2.19. The van der Waals surface area contributed by atoms with Crippen molar-refractivity contribution in [1.82, 2.24) is 10.2 Å². The van der Waals surface area contributed by atoms with Gasteiger partial charge in [-0.25, -0.2) is 0 Å². The second-order valence-electron chi connectivity index (χ2n) is 6.25. The van der Waals surface area contributed by atoms with Crippen LogP contribution in [0.15, 0.2) is 48.5 Å². The molecule has 5 heteroatoms. The van der Waals surface area contributed by atoms with Crippen LogP contribution >= 0.6 is 0 Å². The van der Waals surface area contributed by atoms with E-state index in [-0.39, 0.29) is 11.8 Å². The van der Waals surface area contributed by atoms with Gasteiger partial charge in [-0.05, 0) is 55.8 Å². The third-order valence-electron chi connectivity index (χ3n) is 4.38. The summed E-state index contributed by atoms with van der Waals surface area (Å²) in [6.07, 6.45) is 0.968. The summed E-state index contributed by atoms with van der Waals surface area (Å²) in [7, 11) is 0. The van der Waals surface area contributed by atoms with E-state index in [0.29, 0.717) is 11.1 Å². The van der Waals surface area contributed by atoms with Crippen molar-refractivity contribution in [2.24, 2.45) is 0 Å². The number of nitrogens with zero attached hydrogens (tertiary/aromatic N) is 1. The Kier molecular flexibility index (Phi) is 5.46. The van der Waals surface area contributed by atoms with Crippen LogP contribution in [0.2, 0.25) is 0 Å². The van der Waals surface area contributed by atoms with Crippen LogP contribution in [0.5, 0.6) is 0 Å². The van der Waals surface area contributed by atoms with Gasteiger partial charge in [-0.3, -0.25) is 9.59 Å². The van der Waals surface area contributed by atoms with Gasteiger partial charge in [0.2, 0.25) is 0 Å². The van der Waals surface area contributed by atoms with Gasteiger partial charge in [0.25, 0.3) is 11.8 Å². The molecular formula is C20H23N3O2. The maximum atomic E-state index is 12.7. The third kappa shape index (κ3) is 4.25. The molecule has 130 valence electrons. The molecule has 3 rings (SSSR count). The Morgan fingerprint density at radius 3 is 2.56 bits per heavy atom. The normalized spacial score (nSPS) is 14.7. The van der Waals surface area contributed by atoms with Gasteiger partial charge in [0, 0.05) is 36.4 Å². The van der Waals surface area contributed by atoms with Crippen molar-refractivity contribution in [3.63, 3.8) is 0 Å². The second-order valence-corrected chi connectivity index (χ2v) is 6.25. The maximum absolute atomic E-state index is 12.7. The number of anilines is 1. The van der Waals surface area contributed by atoms with Gasteiger partial charge in [-0.15, -0.1) is 0 Å². The van der Waals surface area contributed by atoms with Crippen LogP contribution in [0.1, 0.15) is 32.7 Å². The topological polar surface area (TPSA) is 61.4 Å². The molecule has 1 fully saturated rings. The number of nitrogens with one attached hydrogen (secondary N) is 2. The highest BCUT2D eigenvalue weighted by atomic mass is 16.2. The Balaban J connectivity index is 1.72. The highest BCUT2D eigenvalue weighted by molar-refractivity contribution is 6.05. The van der Waals surface area contributed by atoms with E-state index in [9.17, 15) is 9.59 Å². The van der Waals surface area contributed by atoms with E-state index >= 15 is 0 Å². The second kappa shape index (κ2) is 7.94. The van der Waals surface area contributed by atoms with Crippen LogP contribution in [0.4, 0.5) is 5.69 Å². The quantitative estimate of drug-likeness (QED) is 0.905. The molecule has 0 atom stereocenters. The summed E-state index contributed by atoms with van der Waals surface area (Å²) < 4.78 is 0. The molecule has 0 spiro atoms. The van der Waals surface area contributed by atoms with Crippen molar-refractivity contribution in [1.29, 1.82) is 0 Å². The summed E-state index contributed by atoms with van der Waals surface area (Å²) in [4.78, 5) is 26.8. The van der Waals surface area contributed by atoms with Gasteiger partial charge in [0.1, 0.15) is 0 Å². The van der Waals surface area contributed by atoms with E-state index in [0.717, 1.165) is 43.9 Å². The number of carbonyl (C=O) groups is 2. The fourth-order valence-electron chi connectivity index (χ4n) is 2.95. The minimum Gasteiger partial charge on any atom is -0.337 e. The lowest BCUT2D eigenvalue weighted by molar-refractivity contribution is 0.0766. The van der Waals surface area contributed by atoms with E-state index in [1.165, 1.54) is 0 Å². The first-order valence-electron chi connectivity index (χ1n) is 8.62. The monoisotopic (exact) mass is 337 g/mol. The van der Waals surface area contributed by atoms with Crippen molar-refractivity contribution in [3.8, 4) is 0 Å². The van der Waals surface area contributed by atoms with Gasteiger partial charge in [0.05, 0.1) is 0 Å². The van der Waals surface area contributed by atoms with E-state index in [1.54, 1.807) is 24.3 Å². The number of carbonyl (C=O) groups excluding carboxylic acids is 2. The van der Waals surface area contributed by atoms with Crippen molar-refractivity contribution >= 4 is 17.5 Å². The summed E-state index contributed by atoms with van der Waals surface area (Å²) in [6.45, 7) is 5.19. The molecule has 0 aliphatic carbocycles. The predicted octanol–water partition coefficient (Wildman–Crippen LogP) is 2.68. The van der Waals surface area contributed by atoms with Gasteiger partial charge in [-0.1, -0.05) is 18.2 Å². The first-order chi connectivity index (χ1) is 12.1. The zero-order chi connectivity index (χ0) is 17.6. The molecule has 5 nitrogen and oxygen atoms in total. The summed E-state index contributed by atoms with van der Waals surface area (Å²) in [5, 5.41) is 6.21. The van der Waals surface area contributed by atoms with E-state index in [1.807, 2.05) is 36.1 Å². The molecule has 1 aliphatic rings. The molecule has 2 aromatic rings. The summed E-state index contributed by atoms with van der Waals surface area (Å²) in [5.41, 5.74) is 2.88. The predicted molar refractivity (Wildman–Crippen MR) is 99.0 cm³/mol.